The smallest absolute Gasteiger partial charge is 0.140 e. The Morgan fingerprint density at radius 2 is 2.39 bits per heavy atom. The van der Waals surface area contributed by atoms with Crippen molar-refractivity contribution < 1.29 is 9.13 Å². The molecular formula is C14H17FN2O. The summed E-state index contributed by atoms with van der Waals surface area (Å²) in [5.41, 5.74) is 1.09. The highest BCUT2D eigenvalue weighted by Gasteiger charge is 2.15. The van der Waals surface area contributed by atoms with E-state index in [0.717, 1.165) is 38.2 Å². The van der Waals surface area contributed by atoms with Gasteiger partial charge in [-0.1, -0.05) is 6.07 Å². The van der Waals surface area contributed by atoms with Gasteiger partial charge in [-0.3, -0.25) is 4.90 Å². The van der Waals surface area contributed by atoms with Crippen LogP contribution in [-0.2, 0) is 11.3 Å². The molecule has 3 nitrogen and oxygen atoms in total. The fourth-order valence-electron chi connectivity index (χ4n) is 2.24. The number of nitrogens with zero attached hydrogens (tertiary/aromatic N) is 2. The molecule has 1 saturated heterocycles. The molecule has 0 aromatic heterocycles. The van der Waals surface area contributed by atoms with E-state index in [0.29, 0.717) is 0 Å². The van der Waals surface area contributed by atoms with E-state index >= 15 is 0 Å². The molecule has 0 N–H and O–H groups in total. The van der Waals surface area contributed by atoms with E-state index in [2.05, 4.69) is 11.8 Å². The van der Waals surface area contributed by atoms with Crippen LogP contribution >= 0.6 is 0 Å². The van der Waals surface area contributed by atoms with E-state index in [9.17, 15) is 4.39 Å². The number of ether oxygens (including phenoxy) is 1. The molecular weight excluding hydrogens is 231 g/mol. The lowest BCUT2D eigenvalue weighted by molar-refractivity contribution is 0.0668. The third-order valence-electron chi connectivity index (χ3n) is 3.09. The largest absolute Gasteiger partial charge is 0.377 e. The number of hydrogen-bond donors (Lipinski definition) is 0. The summed E-state index contributed by atoms with van der Waals surface area (Å²) in [6, 6.07) is 6.62. The summed E-state index contributed by atoms with van der Waals surface area (Å²) in [5.74, 6) is -0.450. The van der Waals surface area contributed by atoms with Crippen LogP contribution in [0.4, 0.5) is 4.39 Å². The highest BCUT2D eigenvalue weighted by atomic mass is 19.1. The molecule has 96 valence electrons. The summed E-state index contributed by atoms with van der Waals surface area (Å²) in [4.78, 5) is 2.28. The minimum Gasteiger partial charge on any atom is -0.377 e. The maximum atomic E-state index is 13.2. The lowest BCUT2D eigenvalue weighted by Gasteiger charge is -2.21. The van der Waals surface area contributed by atoms with E-state index in [1.54, 1.807) is 12.1 Å². The standard InChI is InChI=1S/C14H17FN2O/c1-11-9-17(5-2-6-18-11)10-12-3-4-14(15)13(7-12)8-16/h3-4,7,11H,2,5-6,9-10H2,1H3. The average molecular weight is 248 g/mol. The molecule has 1 heterocycles. The van der Waals surface area contributed by atoms with Crippen molar-refractivity contribution in [3.63, 3.8) is 0 Å². The Morgan fingerprint density at radius 1 is 1.56 bits per heavy atom. The van der Waals surface area contributed by atoms with Crippen molar-refractivity contribution in [2.24, 2.45) is 0 Å². The van der Waals surface area contributed by atoms with Gasteiger partial charge in [0.05, 0.1) is 11.7 Å². The summed E-state index contributed by atoms with van der Waals surface area (Å²) in [5, 5.41) is 8.81. The maximum absolute atomic E-state index is 13.2. The molecule has 1 fully saturated rings. The second kappa shape index (κ2) is 5.94. The number of nitriles is 1. The number of benzene rings is 1. The van der Waals surface area contributed by atoms with E-state index in [4.69, 9.17) is 10.00 Å². The molecule has 0 saturated carbocycles. The molecule has 1 aromatic rings. The zero-order valence-electron chi connectivity index (χ0n) is 10.5. The molecule has 1 aliphatic rings. The van der Waals surface area contributed by atoms with Gasteiger partial charge in [-0.2, -0.15) is 5.26 Å². The van der Waals surface area contributed by atoms with Gasteiger partial charge in [0.15, 0.2) is 0 Å². The maximum Gasteiger partial charge on any atom is 0.140 e. The van der Waals surface area contributed by atoms with Crippen molar-refractivity contribution in [3.8, 4) is 6.07 Å². The van der Waals surface area contributed by atoms with Crippen molar-refractivity contribution in [1.29, 1.82) is 5.26 Å². The first-order valence-electron chi connectivity index (χ1n) is 6.21. The number of halogens is 1. The second-order valence-electron chi connectivity index (χ2n) is 4.70. The van der Waals surface area contributed by atoms with Crippen LogP contribution in [0.2, 0.25) is 0 Å². The Kier molecular flexibility index (Phi) is 4.29. The fraction of sp³-hybridized carbons (Fsp3) is 0.500. The van der Waals surface area contributed by atoms with Crippen LogP contribution < -0.4 is 0 Å². The number of hydrogen-bond acceptors (Lipinski definition) is 3. The van der Waals surface area contributed by atoms with Gasteiger partial charge in [0, 0.05) is 26.2 Å². The number of rotatable bonds is 2. The molecule has 0 bridgehead atoms. The predicted octanol–water partition coefficient (Wildman–Crippen LogP) is 2.31. The molecule has 1 atom stereocenters. The first-order valence-corrected chi connectivity index (χ1v) is 6.21. The first kappa shape index (κ1) is 13.0. The molecule has 0 radical (unpaired) electrons. The third kappa shape index (κ3) is 3.28. The second-order valence-corrected chi connectivity index (χ2v) is 4.70. The molecule has 1 unspecified atom stereocenters. The van der Waals surface area contributed by atoms with Crippen LogP contribution in [-0.4, -0.2) is 30.7 Å². The molecule has 2 rings (SSSR count). The summed E-state index contributed by atoms with van der Waals surface area (Å²) >= 11 is 0. The lowest BCUT2D eigenvalue weighted by atomic mass is 10.1. The van der Waals surface area contributed by atoms with Gasteiger partial charge in [0.2, 0.25) is 0 Å². The zero-order valence-corrected chi connectivity index (χ0v) is 10.5. The van der Waals surface area contributed by atoms with Crippen LogP contribution in [0.15, 0.2) is 18.2 Å². The lowest BCUT2D eigenvalue weighted by Crippen LogP contribution is -2.29. The first-order chi connectivity index (χ1) is 8.69. The van der Waals surface area contributed by atoms with Gasteiger partial charge in [0.1, 0.15) is 11.9 Å². The monoisotopic (exact) mass is 248 g/mol. The van der Waals surface area contributed by atoms with Crippen molar-refractivity contribution in [2.75, 3.05) is 19.7 Å². The third-order valence-corrected chi connectivity index (χ3v) is 3.09. The quantitative estimate of drug-likeness (QED) is 0.805. The SMILES string of the molecule is CC1CN(Cc2ccc(F)c(C#N)c2)CCCO1. The van der Waals surface area contributed by atoms with E-state index < -0.39 is 5.82 Å². The van der Waals surface area contributed by atoms with Crippen LogP contribution in [0.5, 0.6) is 0 Å². The van der Waals surface area contributed by atoms with Crippen molar-refractivity contribution >= 4 is 0 Å². The summed E-state index contributed by atoms with van der Waals surface area (Å²) < 4.78 is 18.8. The van der Waals surface area contributed by atoms with E-state index in [1.165, 1.54) is 6.07 Å². The molecule has 1 aromatic carbocycles. The van der Waals surface area contributed by atoms with Gasteiger partial charge in [0.25, 0.3) is 0 Å². The molecule has 0 aliphatic carbocycles. The Hall–Kier alpha value is -1.44. The highest BCUT2D eigenvalue weighted by molar-refractivity contribution is 5.34. The van der Waals surface area contributed by atoms with Crippen LogP contribution in [0.1, 0.15) is 24.5 Å². The van der Waals surface area contributed by atoms with Gasteiger partial charge in [-0.15, -0.1) is 0 Å². The fourth-order valence-corrected chi connectivity index (χ4v) is 2.24. The molecule has 1 aliphatic heterocycles. The zero-order chi connectivity index (χ0) is 13.0. The van der Waals surface area contributed by atoms with Crippen LogP contribution in [0, 0.1) is 17.1 Å². The van der Waals surface area contributed by atoms with Gasteiger partial charge in [-0.25, -0.2) is 4.39 Å². The summed E-state index contributed by atoms with van der Waals surface area (Å²) in [6.45, 7) is 5.44. The van der Waals surface area contributed by atoms with Crippen LogP contribution in [0.25, 0.3) is 0 Å². The topological polar surface area (TPSA) is 36.3 Å². The molecule has 0 amide bonds. The highest BCUT2D eigenvalue weighted by Crippen LogP contribution is 2.14. The Labute approximate surface area is 107 Å². The Bertz CT molecular complexity index is 456. The van der Waals surface area contributed by atoms with Crippen molar-refractivity contribution in [2.45, 2.75) is 26.0 Å². The normalized spacial score (nSPS) is 21.3. The van der Waals surface area contributed by atoms with Crippen molar-refractivity contribution in [3.05, 3.63) is 35.1 Å². The minimum absolute atomic E-state index is 0.117. The summed E-state index contributed by atoms with van der Waals surface area (Å²) in [7, 11) is 0. The van der Waals surface area contributed by atoms with Crippen LogP contribution in [0.3, 0.4) is 0 Å². The Balaban J connectivity index is 2.06. The Morgan fingerprint density at radius 3 is 3.17 bits per heavy atom. The molecule has 4 heteroatoms. The van der Waals surface area contributed by atoms with Gasteiger partial charge < -0.3 is 4.74 Å². The van der Waals surface area contributed by atoms with Gasteiger partial charge >= 0.3 is 0 Å². The molecule has 18 heavy (non-hydrogen) atoms. The molecule has 0 spiro atoms. The average Bonchev–Trinajstić information content (AvgIpc) is 2.56. The van der Waals surface area contributed by atoms with E-state index in [1.807, 2.05) is 6.07 Å². The van der Waals surface area contributed by atoms with Gasteiger partial charge in [-0.05, 0) is 31.0 Å². The van der Waals surface area contributed by atoms with E-state index in [-0.39, 0.29) is 11.7 Å². The minimum atomic E-state index is -0.450. The van der Waals surface area contributed by atoms with Crippen molar-refractivity contribution in [1.82, 2.24) is 4.90 Å². The summed E-state index contributed by atoms with van der Waals surface area (Å²) in [6.07, 6.45) is 1.24. The predicted molar refractivity (Wildman–Crippen MR) is 66.4 cm³/mol.